The van der Waals surface area contributed by atoms with Gasteiger partial charge in [0.1, 0.15) is 0 Å². The summed E-state index contributed by atoms with van der Waals surface area (Å²) in [5, 5.41) is 5.31. The molecule has 4 aromatic carbocycles. The van der Waals surface area contributed by atoms with Gasteiger partial charge in [0.05, 0.1) is 0 Å². The van der Waals surface area contributed by atoms with Gasteiger partial charge in [-0.25, -0.2) is 0 Å². The second-order valence-corrected chi connectivity index (χ2v) is 7.93. The molecule has 0 amide bonds. The van der Waals surface area contributed by atoms with Gasteiger partial charge >= 0.3 is 0 Å². The summed E-state index contributed by atoms with van der Waals surface area (Å²) in [4.78, 5) is 0. The molecular formula is C34H44. The molecule has 0 saturated heterocycles. The van der Waals surface area contributed by atoms with Crippen molar-refractivity contribution in [1.29, 1.82) is 0 Å². The minimum absolute atomic E-state index is 0. The molecule has 0 spiro atoms. The molecule has 0 saturated carbocycles. The highest BCUT2D eigenvalue weighted by Crippen LogP contribution is 2.50. The number of hydrogen-bond donors (Lipinski definition) is 0. The summed E-state index contributed by atoms with van der Waals surface area (Å²) in [5.41, 5.74) is 5.74. The van der Waals surface area contributed by atoms with Crippen LogP contribution in [0.3, 0.4) is 0 Å². The Balaban J connectivity index is 0.000000873. The van der Waals surface area contributed by atoms with Gasteiger partial charge in [0.2, 0.25) is 0 Å². The van der Waals surface area contributed by atoms with Crippen molar-refractivity contribution < 1.29 is 0 Å². The molecule has 0 radical (unpaired) electrons. The zero-order chi connectivity index (χ0) is 25.0. The van der Waals surface area contributed by atoms with Crippen LogP contribution in [0.1, 0.15) is 60.1 Å². The molecule has 0 aromatic heterocycles. The van der Waals surface area contributed by atoms with E-state index in [2.05, 4.69) is 113 Å². The summed E-state index contributed by atoms with van der Waals surface area (Å²) >= 11 is 0. The summed E-state index contributed by atoms with van der Waals surface area (Å²) in [6.45, 7) is 25.2. The second-order valence-electron chi connectivity index (χ2n) is 7.93. The molecule has 0 N–H and O–H groups in total. The third-order valence-electron chi connectivity index (χ3n) is 5.41. The first-order valence-electron chi connectivity index (χ1n) is 11.7. The van der Waals surface area contributed by atoms with Crippen LogP contribution in [0.4, 0.5) is 0 Å². The molecule has 180 valence electrons. The monoisotopic (exact) mass is 452 g/mol. The van der Waals surface area contributed by atoms with E-state index in [1.807, 2.05) is 27.7 Å². The third kappa shape index (κ3) is 6.35. The molecule has 0 heterocycles. The fourth-order valence-electron chi connectivity index (χ4n) is 4.11. The average molecular weight is 453 g/mol. The van der Waals surface area contributed by atoms with Crippen LogP contribution in [0.2, 0.25) is 0 Å². The van der Waals surface area contributed by atoms with E-state index in [1.165, 1.54) is 43.8 Å². The van der Waals surface area contributed by atoms with E-state index in [1.54, 1.807) is 12.2 Å². The maximum atomic E-state index is 3.36. The van der Waals surface area contributed by atoms with Gasteiger partial charge in [-0.05, 0) is 81.9 Å². The maximum absolute atomic E-state index is 3.36. The smallest absolute Gasteiger partial charge is 0.0159 e. The number of fused-ring (bicyclic) bond motifs is 5. The van der Waals surface area contributed by atoms with Crippen LogP contribution in [0, 0.1) is 0 Å². The van der Waals surface area contributed by atoms with Gasteiger partial charge in [0.25, 0.3) is 0 Å². The van der Waals surface area contributed by atoms with Gasteiger partial charge < -0.3 is 0 Å². The number of benzene rings is 4. The minimum atomic E-state index is 0. The van der Waals surface area contributed by atoms with E-state index < -0.39 is 0 Å². The first kappa shape index (κ1) is 30.6. The Bertz CT molecular complexity index is 1100. The van der Waals surface area contributed by atoms with Crippen LogP contribution in [0.15, 0.2) is 111 Å². The van der Waals surface area contributed by atoms with Crippen LogP contribution in [0.25, 0.3) is 32.7 Å². The normalized spacial score (nSPS) is 11.1. The van der Waals surface area contributed by atoms with Crippen molar-refractivity contribution >= 4 is 21.5 Å². The van der Waals surface area contributed by atoms with Crippen molar-refractivity contribution in [3.05, 3.63) is 122 Å². The SMILES string of the molecule is C.C=C.C=CC.C=CC.CC.CC1(C)c2cc3ccccc3cc2-c2cc3ccccc3cc21. The van der Waals surface area contributed by atoms with Gasteiger partial charge in [-0.2, -0.15) is 0 Å². The van der Waals surface area contributed by atoms with E-state index in [9.17, 15) is 0 Å². The highest BCUT2D eigenvalue weighted by Gasteiger charge is 2.35. The molecule has 0 fully saturated rings. The van der Waals surface area contributed by atoms with Gasteiger partial charge in [-0.15, -0.1) is 26.3 Å². The highest BCUT2D eigenvalue weighted by atomic mass is 14.4. The quantitative estimate of drug-likeness (QED) is 0.233. The predicted octanol–water partition coefficient (Wildman–Crippen LogP) is 11.1. The van der Waals surface area contributed by atoms with Crippen molar-refractivity contribution in [2.24, 2.45) is 0 Å². The fraction of sp³-hybridized carbons (Fsp3) is 0.235. The van der Waals surface area contributed by atoms with Crippen LogP contribution in [0.5, 0.6) is 0 Å². The van der Waals surface area contributed by atoms with Crippen molar-refractivity contribution in [2.75, 3.05) is 0 Å². The van der Waals surface area contributed by atoms with Gasteiger partial charge in [0.15, 0.2) is 0 Å². The van der Waals surface area contributed by atoms with E-state index in [0.29, 0.717) is 0 Å². The van der Waals surface area contributed by atoms with E-state index >= 15 is 0 Å². The molecule has 5 rings (SSSR count). The van der Waals surface area contributed by atoms with Crippen molar-refractivity contribution in [3.8, 4) is 11.1 Å². The molecule has 0 bridgehead atoms. The zero-order valence-electron chi connectivity index (χ0n) is 21.4. The molecule has 34 heavy (non-hydrogen) atoms. The van der Waals surface area contributed by atoms with Crippen LogP contribution in [-0.4, -0.2) is 0 Å². The van der Waals surface area contributed by atoms with Crippen LogP contribution < -0.4 is 0 Å². The Morgan fingerprint density at radius 3 is 1.09 bits per heavy atom. The maximum Gasteiger partial charge on any atom is 0.0159 e. The summed E-state index contributed by atoms with van der Waals surface area (Å²) in [6.07, 6.45) is 3.50. The molecule has 0 heteroatoms. The summed E-state index contributed by atoms with van der Waals surface area (Å²) in [6, 6.07) is 26.8. The summed E-state index contributed by atoms with van der Waals surface area (Å²) in [5.74, 6) is 0. The van der Waals surface area contributed by atoms with Gasteiger partial charge in [-0.1, -0.05) is 95.8 Å². The average Bonchev–Trinajstić information content (AvgIpc) is 3.06. The topological polar surface area (TPSA) is 0 Å². The summed E-state index contributed by atoms with van der Waals surface area (Å²) in [7, 11) is 0. The fourth-order valence-corrected chi connectivity index (χ4v) is 4.11. The lowest BCUT2D eigenvalue weighted by Gasteiger charge is -2.22. The number of rotatable bonds is 0. The molecule has 0 nitrogen and oxygen atoms in total. The molecule has 0 unspecified atom stereocenters. The Kier molecular flexibility index (Phi) is 13.2. The van der Waals surface area contributed by atoms with Gasteiger partial charge in [-0.3, -0.25) is 0 Å². The number of allylic oxidation sites excluding steroid dienone is 2. The Morgan fingerprint density at radius 2 is 0.824 bits per heavy atom. The van der Waals surface area contributed by atoms with Crippen molar-refractivity contribution in [2.45, 2.75) is 54.4 Å². The molecule has 1 aliphatic rings. The molecular weight excluding hydrogens is 408 g/mol. The lowest BCUT2D eigenvalue weighted by atomic mass is 9.81. The van der Waals surface area contributed by atoms with Crippen molar-refractivity contribution in [3.63, 3.8) is 0 Å². The van der Waals surface area contributed by atoms with E-state index in [-0.39, 0.29) is 12.8 Å². The Morgan fingerprint density at radius 1 is 0.588 bits per heavy atom. The molecule has 1 aliphatic carbocycles. The first-order valence-corrected chi connectivity index (χ1v) is 11.7. The lowest BCUT2D eigenvalue weighted by Crippen LogP contribution is -2.14. The molecule has 4 aromatic rings. The first-order chi connectivity index (χ1) is 16.0. The molecule has 0 aliphatic heterocycles. The largest absolute Gasteiger partial charge is 0.106 e. The van der Waals surface area contributed by atoms with E-state index in [4.69, 9.17) is 0 Å². The minimum Gasteiger partial charge on any atom is -0.106 e. The lowest BCUT2D eigenvalue weighted by molar-refractivity contribution is 0.662. The van der Waals surface area contributed by atoms with E-state index in [0.717, 1.165) is 0 Å². The number of hydrogen-bond acceptors (Lipinski definition) is 0. The Labute approximate surface area is 209 Å². The van der Waals surface area contributed by atoms with Crippen LogP contribution >= 0.6 is 0 Å². The second kappa shape index (κ2) is 14.7. The standard InChI is InChI=1S/C23H18.2C3H6.C2H6.C2H4.CH4/c1-23(2)21-13-17-9-5-3-7-15(17)11-19(21)20-12-16-8-4-6-10-18(16)14-22(20)23;2*1-3-2;2*1-2;/h3-14H,1-2H3;2*3H,1H2,2H3;1-2H3;1-2H2;1H4. The van der Waals surface area contributed by atoms with Crippen molar-refractivity contribution in [1.82, 2.24) is 0 Å². The van der Waals surface area contributed by atoms with Crippen LogP contribution in [-0.2, 0) is 5.41 Å². The van der Waals surface area contributed by atoms with Gasteiger partial charge in [0, 0.05) is 5.41 Å². The summed E-state index contributed by atoms with van der Waals surface area (Å²) < 4.78 is 0. The predicted molar refractivity (Wildman–Crippen MR) is 160 cm³/mol. The zero-order valence-corrected chi connectivity index (χ0v) is 21.4. The molecule has 0 atom stereocenters. The third-order valence-corrected chi connectivity index (χ3v) is 5.41. The Hall–Kier alpha value is -3.38. The highest BCUT2D eigenvalue weighted by molar-refractivity contribution is 5.97.